The standard InChI is InChI=1S/C13H27N.C12H27N2.C3H7N.CH4.ClH/c1-3-5-6-7-8-9-10-11-13-14-12-4-2;1-5-10-13-11-8-6-7-9-12-14(2,3)4;1-2-3-4;;/h4,14H,2-3,5-13H2,1H3;5,13H,1,6-12H2,2-4H3;2H,1,3-4H2;1H4;1H/q;+1;;;/p-1. The Balaban J connectivity index is -0.000000135. The highest BCUT2D eigenvalue weighted by atomic mass is 35.5. The Morgan fingerprint density at radius 3 is 1.32 bits per heavy atom. The van der Waals surface area contributed by atoms with E-state index in [0.717, 1.165) is 30.7 Å². The number of quaternary nitrogens is 1. The minimum atomic E-state index is 0. The van der Waals surface area contributed by atoms with Crippen LogP contribution >= 0.6 is 0 Å². The van der Waals surface area contributed by atoms with Gasteiger partial charge in [-0.3, -0.25) is 0 Å². The first-order valence-corrected chi connectivity index (χ1v) is 13.1. The number of nitrogens with zero attached hydrogens (tertiary/aromatic N) is 1. The Bertz CT molecular complexity index is 368. The molecule has 0 aromatic heterocycles. The van der Waals surface area contributed by atoms with Crippen LogP contribution in [0.15, 0.2) is 38.0 Å². The van der Waals surface area contributed by atoms with Gasteiger partial charge in [0.2, 0.25) is 0 Å². The highest BCUT2D eigenvalue weighted by molar-refractivity contribution is 4.69. The fourth-order valence-corrected chi connectivity index (χ4v) is 2.98. The zero-order valence-corrected chi connectivity index (χ0v) is 23.7. The quantitative estimate of drug-likeness (QED) is 0.127. The van der Waals surface area contributed by atoms with Gasteiger partial charge >= 0.3 is 0 Å². The highest BCUT2D eigenvalue weighted by Crippen LogP contribution is 2.07. The van der Waals surface area contributed by atoms with Crippen LogP contribution in [0.1, 0.15) is 91.4 Å². The van der Waals surface area contributed by atoms with Crippen LogP contribution in [0.3, 0.4) is 0 Å². The van der Waals surface area contributed by atoms with Gasteiger partial charge in [0.15, 0.2) is 0 Å². The maximum absolute atomic E-state index is 4.91. The van der Waals surface area contributed by atoms with Crippen LogP contribution in [0.4, 0.5) is 0 Å². The van der Waals surface area contributed by atoms with Crippen LogP contribution in [0.5, 0.6) is 0 Å². The predicted molar refractivity (Wildman–Crippen MR) is 156 cm³/mol. The molecule has 0 heterocycles. The molecule has 0 radical (unpaired) electrons. The fraction of sp³-hybridized carbons (Fsp3) is 0.793. The summed E-state index contributed by atoms with van der Waals surface area (Å²) in [5.41, 5.74) is 4.91. The minimum absolute atomic E-state index is 0. The van der Waals surface area contributed by atoms with Crippen LogP contribution in [-0.2, 0) is 0 Å². The van der Waals surface area contributed by atoms with Crippen molar-refractivity contribution >= 4 is 0 Å². The van der Waals surface area contributed by atoms with Crippen molar-refractivity contribution in [2.24, 2.45) is 5.73 Å². The van der Waals surface area contributed by atoms with Gasteiger partial charge in [0.05, 0.1) is 27.7 Å². The first kappa shape index (κ1) is 43.4. The number of hydrogen-bond acceptors (Lipinski definition) is 3. The van der Waals surface area contributed by atoms with E-state index in [-0.39, 0.29) is 19.8 Å². The Labute approximate surface area is 222 Å². The van der Waals surface area contributed by atoms with Gasteiger partial charge in [0.1, 0.15) is 0 Å². The van der Waals surface area contributed by atoms with Crippen molar-refractivity contribution in [1.82, 2.24) is 10.6 Å². The molecule has 5 heteroatoms. The van der Waals surface area contributed by atoms with Gasteiger partial charge in [0, 0.05) is 19.6 Å². The monoisotopic (exact) mass is 504 g/mol. The van der Waals surface area contributed by atoms with Crippen molar-refractivity contribution in [2.45, 2.75) is 91.4 Å². The second kappa shape index (κ2) is 39.6. The Morgan fingerprint density at radius 2 is 1.00 bits per heavy atom. The van der Waals surface area contributed by atoms with Crippen LogP contribution < -0.4 is 28.8 Å². The summed E-state index contributed by atoms with van der Waals surface area (Å²) in [7, 11) is 6.77. The Kier molecular flexibility index (Phi) is 50.5. The van der Waals surface area contributed by atoms with Crippen LogP contribution in [0.25, 0.3) is 0 Å². The van der Waals surface area contributed by atoms with Gasteiger partial charge in [-0.15, -0.1) is 19.7 Å². The Hall–Kier alpha value is -0.650. The van der Waals surface area contributed by atoms with E-state index in [2.05, 4.69) is 58.4 Å². The average molecular weight is 505 g/mol. The lowest BCUT2D eigenvalue weighted by molar-refractivity contribution is -0.870. The lowest BCUT2D eigenvalue weighted by Gasteiger charge is -2.23. The third kappa shape index (κ3) is 57.8. The summed E-state index contributed by atoms with van der Waals surface area (Å²) in [6.45, 7) is 19.0. The summed E-state index contributed by atoms with van der Waals surface area (Å²) < 4.78 is 1.09. The topological polar surface area (TPSA) is 50.1 Å². The minimum Gasteiger partial charge on any atom is -1.00 e. The van der Waals surface area contributed by atoms with E-state index < -0.39 is 0 Å². The molecule has 0 aliphatic heterocycles. The molecule has 0 aromatic carbocycles. The van der Waals surface area contributed by atoms with E-state index in [4.69, 9.17) is 5.73 Å². The average Bonchev–Trinajstić information content (AvgIpc) is 2.77. The molecule has 0 aliphatic carbocycles. The summed E-state index contributed by atoms with van der Waals surface area (Å²) in [4.78, 5) is 0. The van der Waals surface area contributed by atoms with E-state index >= 15 is 0 Å². The molecule has 0 bridgehead atoms. The summed E-state index contributed by atoms with van der Waals surface area (Å²) >= 11 is 0. The molecule has 0 aromatic rings. The molecule has 0 spiro atoms. The van der Waals surface area contributed by atoms with Gasteiger partial charge in [0.25, 0.3) is 0 Å². The molecule has 4 nitrogen and oxygen atoms in total. The van der Waals surface area contributed by atoms with E-state index in [1.165, 1.54) is 83.6 Å². The molecule has 0 saturated carbocycles. The zero-order valence-electron chi connectivity index (χ0n) is 23.0. The van der Waals surface area contributed by atoms with Crippen LogP contribution in [0, 0.1) is 0 Å². The van der Waals surface area contributed by atoms with Crippen molar-refractivity contribution in [3.05, 3.63) is 38.0 Å². The Morgan fingerprint density at radius 1 is 0.647 bits per heavy atom. The number of rotatable bonds is 21. The normalized spacial score (nSPS) is 9.79. The summed E-state index contributed by atoms with van der Waals surface area (Å²) in [5, 5.41) is 6.65. The second-order valence-corrected chi connectivity index (χ2v) is 9.41. The molecule has 0 rings (SSSR count). The molecule has 0 saturated heterocycles. The van der Waals surface area contributed by atoms with Gasteiger partial charge in [-0.05, 0) is 38.8 Å². The molecule has 0 fully saturated rings. The van der Waals surface area contributed by atoms with Crippen molar-refractivity contribution in [3.8, 4) is 0 Å². The van der Waals surface area contributed by atoms with Crippen molar-refractivity contribution in [3.63, 3.8) is 0 Å². The number of halogens is 1. The van der Waals surface area contributed by atoms with Crippen LogP contribution in [0.2, 0.25) is 0 Å². The number of unbranched alkanes of at least 4 members (excludes halogenated alkanes) is 10. The molecule has 4 N–H and O–H groups in total. The largest absolute Gasteiger partial charge is 1.00 e. The lowest BCUT2D eigenvalue weighted by atomic mass is 10.1. The van der Waals surface area contributed by atoms with E-state index in [9.17, 15) is 0 Å². The molecule has 0 aliphatic rings. The number of hydrogen-bond donors (Lipinski definition) is 3. The molecule has 0 unspecified atom stereocenters. The first-order chi connectivity index (χ1) is 15.4. The smallest absolute Gasteiger partial charge is 0.0780 e. The molecular weight excluding hydrogens is 440 g/mol. The van der Waals surface area contributed by atoms with E-state index in [1.54, 1.807) is 6.08 Å². The van der Waals surface area contributed by atoms with Crippen molar-refractivity contribution in [2.75, 3.05) is 60.4 Å². The van der Waals surface area contributed by atoms with Gasteiger partial charge in [-0.2, -0.15) is 0 Å². The van der Waals surface area contributed by atoms with Crippen molar-refractivity contribution in [1.29, 1.82) is 0 Å². The summed E-state index contributed by atoms with van der Waals surface area (Å²) in [6.07, 6.45) is 22.1. The van der Waals surface area contributed by atoms with Crippen LogP contribution in [-0.4, -0.2) is 64.9 Å². The number of nitrogens with two attached hydrogens (primary N) is 1. The molecular formula is C29H65ClN4. The van der Waals surface area contributed by atoms with Gasteiger partial charge in [-0.25, -0.2) is 0 Å². The number of nitrogens with one attached hydrogen (secondary N) is 2. The fourth-order valence-electron chi connectivity index (χ4n) is 2.98. The second-order valence-electron chi connectivity index (χ2n) is 9.41. The third-order valence-corrected chi connectivity index (χ3v) is 4.88. The zero-order chi connectivity index (χ0) is 24.8. The summed E-state index contributed by atoms with van der Waals surface area (Å²) in [5.74, 6) is 0. The first-order valence-electron chi connectivity index (χ1n) is 13.1. The lowest BCUT2D eigenvalue weighted by Crippen LogP contribution is -3.00. The van der Waals surface area contributed by atoms with E-state index in [0.29, 0.717) is 6.54 Å². The SMILES string of the molecule is C.C=CCN.C=CCNCCCCCCCCCC.C=CCNCCCCCC[N+](C)(C)C.[Cl-]. The van der Waals surface area contributed by atoms with E-state index in [1.807, 2.05) is 12.2 Å². The summed E-state index contributed by atoms with van der Waals surface area (Å²) in [6, 6.07) is 0. The van der Waals surface area contributed by atoms with Gasteiger partial charge in [-0.1, -0.05) is 83.9 Å². The molecule has 34 heavy (non-hydrogen) atoms. The van der Waals surface area contributed by atoms with Gasteiger partial charge < -0.3 is 33.3 Å². The molecule has 208 valence electrons. The van der Waals surface area contributed by atoms with Crippen molar-refractivity contribution < 1.29 is 16.9 Å². The predicted octanol–water partition coefficient (Wildman–Crippen LogP) is 3.70. The highest BCUT2D eigenvalue weighted by Gasteiger charge is 2.04. The maximum Gasteiger partial charge on any atom is 0.0780 e. The third-order valence-electron chi connectivity index (χ3n) is 4.88. The molecule has 0 amide bonds. The molecule has 0 atom stereocenters. The maximum atomic E-state index is 4.91.